The van der Waals surface area contributed by atoms with Crippen molar-refractivity contribution in [3.63, 3.8) is 0 Å². The maximum Gasteiger partial charge on any atom is 0.410 e. The van der Waals surface area contributed by atoms with E-state index >= 15 is 0 Å². The summed E-state index contributed by atoms with van der Waals surface area (Å²) in [7, 11) is 2.89. The number of rotatable bonds is 4. The van der Waals surface area contributed by atoms with Crippen molar-refractivity contribution in [2.45, 2.75) is 26.4 Å². The van der Waals surface area contributed by atoms with Gasteiger partial charge in [0, 0.05) is 14.1 Å². The molecule has 0 aromatic heterocycles. The normalized spacial score (nSPS) is 10.7. The highest BCUT2D eigenvalue weighted by Gasteiger charge is 2.22. The fourth-order valence-corrected chi connectivity index (χ4v) is 1.05. The second kappa shape index (κ2) is 6.23. The van der Waals surface area contributed by atoms with Gasteiger partial charge in [-0.2, -0.15) is 0 Å². The summed E-state index contributed by atoms with van der Waals surface area (Å²) in [5.41, 5.74) is 4.35. The Morgan fingerprint density at radius 3 is 1.94 bits per heavy atom. The summed E-state index contributed by atoms with van der Waals surface area (Å²) in [5.74, 6) is -0.993. The van der Waals surface area contributed by atoms with Crippen LogP contribution in [0.2, 0.25) is 0 Å². The molecule has 0 spiro atoms. The van der Waals surface area contributed by atoms with Gasteiger partial charge in [-0.05, 0) is 20.8 Å². The number of nitrogens with two attached hydrogens (primary N) is 1. The molecular formula is C11H21N3O4. The van der Waals surface area contributed by atoms with Gasteiger partial charge >= 0.3 is 6.09 Å². The van der Waals surface area contributed by atoms with Crippen LogP contribution in [0.5, 0.6) is 0 Å². The number of hydrogen-bond donors (Lipinski definition) is 1. The van der Waals surface area contributed by atoms with Crippen LogP contribution in [0.3, 0.4) is 0 Å². The van der Waals surface area contributed by atoms with Crippen molar-refractivity contribution < 1.29 is 19.1 Å². The van der Waals surface area contributed by atoms with Crippen molar-refractivity contribution in [3.05, 3.63) is 0 Å². The van der Waals surface area contributed by atoms with Crippen LogP contribution in [0.25, 0.3) is 0 Å². The fraction of sp³-hybridized carbons (Fsp3) is 0.727. The molecule has 7 heteroatoms. The number of amides is 3. The van der Waals surface area contributed by atoms with Crippen LogP contribution in [-0.4, -0.2) is 60.5 Å². The first-order valence-corrected chi connectivity index (χ1v) is 5.49. The van der Waals surface area contributed by atoms with Crippen LogP contribution in [0, 0.1) is 0 Å². The van der Waals surface area contributed by atoms with E-state index in [0.29, 0.717) is 0 Å². The van der Waals surface area contributed by atoms with E-state index in [1.165, 1.54) is 14.1 Å². The lowest BCUT2D eigenvalue weighted by molar-refractivity contribution is -0.134. The van der Waals surface area contributed by atoms with E-state index in [0.717, 1.165) is 9.80 Å². The molecule has 0 aromatic carbocycles. The van der Waals surface area contributed by atoms with Crippen molar-refractivity contribution in [2.24, 2.45) is 5.73 Å². The average Bonchev–Trinajstić information content (AvgIpc) is 2.13. The Hall–Kier alpha value is -1.79. The molecule has 18 heavy (non-hydrogen) atoms. The Morgan fingerprint density at radius 1 is 1.06 bits per heavy atom. The summed E-state index contributed by atoms with van der Waals surface area (Å²) in [4.78, 5) is 36.2. The van der Waals surface area contributed by atoms with Crippen LogP contribution in [0.15, 0.2) is 0 Å². The van der Waals surface area contributed by atoms with Gasteiger partial charge in [0.25, 0.3) is 0 Å². The van der Waals surface area contributed by atoms with Crippen molar-refractivity contribution in [3.8, 4) is 0 Å². The van der Waals surface area contributed by atoms with Gasteiger partial charge in [-0.1, -0.05) is 0 Å². The quantitative estimate of drug-likeness (QED) is 0.756. The molecule has 0 fully saturated rings. The summed E-state index contributed by atoms with van der Waals surface area (Å²) in [6.07, 6.45) is -0.594. The maximum atomic E-state index is 11.6. The minimum absolute atomic E-state index is 0.168. The third kappa shape index (κ3) is 6.72. The number of carbonyl (C=O) groups is 3. The molecule has 0 rings (SSSR count). The second-order valence-corrected chi connectivity index (χ2v) is 5.05. The number of primary amides is 1. The molecule has 3 amide bonds. The van der Waals surface area contributed by atoms with E-state index in [1.807, 2.05) is 0 Å². The van der Waals surface area contributed by atoms with Gasteiger partial charge in [0.05, 0.1) is 6.54 Å². The van der Waals surface area contributed by atoms with E-state index in [2.05, 4.69) is 0 Å². The number of likely N-dealkylation sites (N-methyl/N-ethyl adjacent to an activating group) is 2. The standard InChI is InChI=1S/C11H21N3O4/c1-11(2,3)18-10(17)14(5)7-9(16)13(4)6-8(12)15/h6-7H2,1-5H3,(H2,12,15). The SMILES string of the molecule is CN(CC(N)=O)C(=O)CN(C)C(=O)OC(C)(C)C. The molecule has 0 radical (unpaired) electrons. The third-order valence-corrected chi connectivity index (χ3v) is 1.90. The number of hydrogen-bond acceptors (Lipinski definition) is 4. The molecule has 0 aliphatic rings. The molecule has 0 atom stereocenters. The van der Waals surface area contributed by atoms with Gasteiger partial charge in [-0.3, -0.25) is 9.59 Å². The fourth-order valence-electron chi connectivity index (χ4n) is 1.05. The smallest absolute Gasteiger partial charge is 0.410 e. The average molecular weight is 259 g/mol. The topological polar surface area (TPSA) is 92.9 Å². The molecule has 0 saturated carbocycles. The lowest BCUT2D eigenvalue weighted by atomic mass is 10.2. The molecule has 2 N–H and O–H groups in total. The minimum Gasteiger partial charge on any atom is -0.444 e. The van der Waals surface area contributed by atoms with Gasteiger partial charge in [0.1, 0.15) is 12.1 Å². The molecule has 0 heterocycles. The van der Waals surface area contributed by atoms with Gasteiger partial charge in [-0.25, -0.2) is 4.79 Å². The van der Waals surface area contributed by atoms with Crippen LogP contribution in [0.1, 0.15) is 20.8 Å². The van der Waals surface area contributed by atoms with E-state index < -0.39 is 17.6 Å². The molecule has 7 nitrogen and oxygen atoms in total. The highest BCUT2D eigenvalue weighted by Crippen LogP contribution is 2.08. The third-order valence-electron chi connectivity index (χ3n) is 1.90. The van der Waals surface area contributed by atoms with Gasteiger partial charge in [-0.15, -0.1) is 0 Å². The molecule has 104 valence electrons. The molecular weight excluding hydrogens is 238 g/mol. The summed E-state index contributed by atoms with van der Waals surface area (Å²) >= 11 is 0. The summed E-state index contributed by atoms with van der Waals surface area (Å²) in [5, 5.41) is 0. The van der Waals surface area contributed by atoms with Crippen LogP contribution >= 0.6 is 0 Å². The first-order valence-electron chi connectivity index (χ1n) is 5.49. The predicted molar refractivity (Wildman–Crippen MR) is 65.7 cm³/mol. The molecule has 0 aromatic rings. The zero-order chi connectivity index (χ0) is 14.5. The highest BCUT2D eigenvalue weighted by atomic mass is 16.6. The molecule has 0 saturated heterocycles. The Balaban J connectivity index is 4.31. The van der Waals surface area contributed by atoms with Crippen molar-refractivity contribution in [1.29, 1.82) is 0 Å². The molecule has 0 unspecified atom stereocenters. The zero-order valence-corrected chi connectivity index (χ0v) is 11.5. The Morgan fingerprint density at radius 2 is 1.56 bits per heavy atom. The van der Waals surface area contributed by atoms with Crippen molar-refractivity contribution >= 4 is 17.9 Å². The minimum atomic E-state index is -0.618. The monoisotopic (exact) mass is 259 g/mol. The number of carbonyl (C=O) groups excluding carboxylic acids is 3. The van der Waals surface area contributed by atoms with E-state index in [1.54, 1.807) is 20.8 Å². The Bertz CT molecular complexity index is 336. The van der Waals surface area contributed by atoms with Gasteiger partial charge in [0.15, 0.2) is 0 Å². The first-order chi connectivity index (χ1) is 8.03. The Labute approximate surface area is 107 Å². The summed E-state index contributed by atoms with van der Waals surface area (Å²) in [6.45, 7) is 4.86. The zero-order valence-electron chi connectivity index (χ0n) is 11.5. The van der Waals surface area contributed by atoms with Crippen molar-refractivity contribution in [2.75, 3.05) is 27.2 Å². The summed E-state index contributed by atoms with van der Waals surface area (Å²) < 4.78 is 5.09. The number of nitrogens with zero attached hydrogens (tertiary/aromatic N) is 2. The van der Waals surface area contributed by atoms with Crippen LogP contribution in [-0.2, 0) is 14.3 Å². The van der Waals surface area contributed by atoms with Gasteiger partial charge < -0.3 is 20.3 Å². The van der Waals surface area contributed by atoms with E-state index in [-0.39, 0.29) is 19.0 Å². The van der Waals surface area contributed by atoms with Crippen LogP contribution < -0.4 is 5.73 Å². The predicted octanol–water partition coefficient (Wildman–Crippen LogP) is -0.203. The van der Waals surface area contributed by atoms with Gasteiger partial charge in [0.2, 0.25) is 11.8 Å². The molecule has 0 bridgehead atoms. The first kappa shape index (κ1) is 16.2. The lowest BCUT2D eigenvalue weighted by Gasteiger charge is -2.25. The van der Waals surface area contributed by atoms with Crippen molar-refractivity contribution in [1.82, 2.24) is 9.80 Å². The van der Waals surface area contributed by atoms with Crippen LogP contribution in [0.4, 0.5) is 4.79 Å². The molecule has 0 aliphatic carbocycles. The summed E-state index contributed by atoms with van der Waals surface area (Å²) in [6, 6.07) is 0. The maximum absolute atomic E-state index is 11.6. The largest absolute Gasteiger partial charge is 0.444 e. The second-order valence-electron chi connectivity index (χ2n) is 5.05. The number of ether oxygens (including phenoxy) is 1. The molecule has 0 aliphatic heterocycles. The Kier molecular flexibility index (Phi) is 5.61. The lowest BCUT2D eigenvalue weighted by Crippen LogP contribution is -2.43. The van der Waals surface area contributed by atoms with E-state index in [9.17, 15) is 14.4 Å². The van der Waals surface area contributed by atoms with E-state index in [4.69, 9.17) is 10.5 Å². The highest BCUT2D eigenvalue weighted by molar-refractivity contribution is 5.86.